The third kappa shape index (κ3) is 9.44. The molecule has 0 aliphatic carbocycles. The SMILES string of the molecule is [Pt+2].[Pt+2].[c-]1c(-c2cnc3cc4ccccc4cc3n2)ccc2c3cc4ccccc4cc3n(-c3[c-]c4c(cc3)c3ccccc3n4-c3ccccn3)c12.[c-]1c(-c2cnc3ccccc3n2)ccc2c3cc4ccccc4cc3n(-c3[c-]c4c(cc3)c3cccnc3n4-c3ccccn3)c12. The maximum atomic E-state index is 5.09. The van der Waals surface area contributed by atoms with E-state index in [1.165, 1.54) is 26.9 Å². The maximum Gasteiger partial charge on any atom is 2.00 e. The van der Waals surface area contributed by atoms with Crippen LogP contribution in [-0.2, 0) is 42.1 Å². The first kappa shape index (κ1) is 58.7. The van der Waals surface area contributed by atoms with Crippen molar-refractivity contribution in [1.82, 2.24) is 53.2 Å². The molecule has 21 rings (SSSR count). The summed E-state index contributed by atoms with van der Waals surface area (Å²) in [6.07, 6.45) is 9.17. The van der Waals surface area contributed by atoms with Gasteiger partial charge < -0.3 is 18.3 Å². The Hall–Kier alpha value is -11.9. The smallest absolute Gasteiger partial charge is 0.352 e. The zero-order valence-corrected chi connectivity index (χ0v) is 56.2. The summed E-state index contributed by atoms with van der Waals surface area (Å²) in [6, 6.07) is 104. The molecule has 0 atom stereocenters. The summed E-state index contributed by atoms with van der Waals surface area (Å²) in [5.41, 5.74) is 16.6. The Labute approximate surface area is 588 Å². The van der Waals surface area contributed by atoms with E-state index in [0.29, 0.717) is 0 Å². The molecular weight excluding hydrogens is 1570 g/mol. The Morgan fingerprint density at radius 2 is 0.684 bits per heavy atom. The second kappa shape index (κ2) is 23.5. The Kier molecular flexibility index (Phi) is 14.1. The van der Waals surface area contributed by atoms with Gasteiger partial charge in [-0.2, -0.15) is 12.1 Å². The van der Waals surface area contributed by atoms with Gasteiger partial charge in [0, 0.05) is 58.9 Å². The summed E-state index contributed by atoms with van der Waals surface area (Å²) >= 11 is 0. The number of benzene rings is 12. The number of pyridine rings is 3. The number of aromatic nitrogens is 11. The Morgan fingerprint density at radius 3 is 1.28 bits per heavy atom. The Balaban J connectivity index is 0.000000140. The summed E-state index contributed by atoms with van der Waals surface area (Å²) in [5.74, 6) is 1.66. The van der Waals surface area contributed by atoms with E-state index in [0.717, 1.165) is 160 Å². The van der Waals surface area contributed by atoms with Gasteiger partial charge in [0.2, 0.25) is 0 Å². The molecule has 9 aromatic heterocycles. The summed E-state index contributed by atoms with van der Waals surface area (Å²) in [6.45, 7) is 0. The maximum absolute atomic E-state index is 5.09. The average Bonchev–Trinajstić information content (AvgIpc) is 1.56. The monoisotopic (exact) mass is 1610 g/mol. The van der Waals surface area contributed by atoms with Gasteiger partial charge in [-0.05, 0) is 138 Å². The predicted octanol–water partition coefficient (Wildman–Crippen LogP) is 19.8. The van der Waals surface area contributed by atoms with Crippen molar-refractivity contribution in [3.63, 3.8) is 0 Å². The molecule has 0 fully saturated rings. The molecule has 0 bridgehead atoms. The van der Waals surface area contributed by atoms with Crippen LogP contribution >= 0.6 is 0 Å². The largest absolute Gasteiger partial charge is 2.00 e. The second-order valence-electron chi connectivity index (χ2n) is 24.2. The average molecular weight is 1610 g/mol. The minimum Gasteiger partial charge on any atom is -0.352 e. The van der Waals surface area contributed by atoms with Gasteiger partial charge in [-0.3, -0.25) is 19.9 Å². The molecule has 98 heavy (non-hydrogen) atoms. The van der Waals surface area contributed by atoms with E-state index in [1.807, 2.05) is 97.7 Å². The fourth-order valence-electron chi connectivity index (χ4n) is 14.3. The van der Waals surface area contributed by atoms with Crippen LogP contribution in [0.15, 0.2) is 286 Å². The molecule has 0 spiro atoms. The Bertz CT molecular complexity index is 6800. The van der Waals surface area contributed by atoms with Crippen LogP contribution in [0, 0.1) is 24.3 Å². The van der Waals surface area contributed by atoms with E-state index in [-0.39, 0.29) is 42.1 Å². The van der Waals surface area contributed by atoms with E-state index >= 15 is 0 Å². The first-order chi connectivity index (χ1) is 47.6. The standard InChI is InChI=1S/C45H25N5.C40H22N6.2Pt/c1-4-12-31-24-43-37(21-28(31)9-1)36-18-16-32(40-27-47-38-22-29-10-2-3-11-30(29)23-39(38)48-40)25-42(36)49(43)33-17-19-35-34-13-5-6-14-41(34)50(44(35)26-33)45-15-7-8-20-46-45;1-2-9-26-21-37-32(20-25(26)8-1)30-16-14-27(35-24-43-33-11-3-4-12-34(33)44-35)22-36(30)45(37)28-15-17-29-31-10-7-19-42-40(31)46(38(29)23-28)39-13-5-6-18-41-39;;/h1-24,27H;1-21,24H;;/q2*-2;2*+2. The van der Waals surface area contributed by atoms with E-state index in [2.05, 4.69) is 236 Å². The van der Waals surface area contributed by atoms with Crippen molar-refractivity contribution in [2.45, 2.75) is 0 Å². The number of hydrogen-bond donors (Lipinski definition) is 0. The molecular formula is C85H47N11Pt2. The molecule has 13 heteroatoms. The quantitative estimate of drug-likeness (QED) is 0.120. The normalized spacial score (nSPS) is 11.7. The van der Waals surface area contributed by atoms with Gasteiger partial charge in [-0.15, -0.1) is 82.6 Å². The van der Waals surface area contributed by atoms with Gasteiger partial charge in [-0.25, -0.2) is 15.0 Å². The van der Waals surface area contributed by atoms with Gasteiger partial charge >= 0.3 is 42.1 Å². The molecule has 11 nitrogen and oxygen atoms in total. The number of para-hydroxylation sites is 3. The summed E-state index contributed by atoms with van der Waals surface area (Å²) < 4.78 is 8.86. The van der Waals surface area contributed by atoms with Gasteiger partial charge in [0.25, 0.3) is 0 Å². The molecule has 0 saturated carbocycles. The summed E-state index contributed by atoms with van der Waals surface area (Å²) in [4.78, 5) is 33.8. The topological polar surface area (TPSA) is 110 Å². The minimum atomic E-state index is 0. The molecule has 0 saturated heterocycles. The van der Waals surface area contributed by atoms with Crippen LogP contribution in [-0.4, -0.2) is 53.2 Å². The van der Waals surface area contributed by atoms with Crippen molar-refractivity contribution < 1.29 is 42.1 Å². The first-order valence-electron chi connectivity index (χ1n) is 31.8. The van der Waals surface area contributed by atoms with Crippen molar-refractivity contribution in [1.29, 1.82) is 0 Å². The van der Waals surface area contributed by atoms with Gasteiger partial charge in [0.15, 0.2) is 0 Å². The van der Waals surface area contributed by atoms with Gasteiger partial charge in [-0.1, -0.05) is 167 Å². The fourth-order valence-corrected chi connectivity index (χ4v) is 14.3. The predicted molar refractivity (Wildman–Crippen MR) is 389 cm³/mol. The van der Waals surface area contributed by atoms with Crippen molar-refractivity contribution in [3.05, 3.63) is 310 Å². The van der Waals surface area contributed by atoms with Crippen molar-refractivity contribution in [2.24, 2.45) is 0 Å². The van der Waals surface area contributed by atoms with Crippen LogP contribution in [0.25, 0.3) is 187 Å². The number of fused-ring (bicyclic) bond motifs is 17. The van der Waals surface area contributed by atoms with Gasteiger partial charge in [0.1, 0.15) is 17.3 Å². The number of rotatable bonds is 6. The zero-order valence-electron chi connectivity index (χ0n) is 51.7. The first-order valence-corrected chi connectivity index (χ1v) is 31.8. The van der Waals surface area contributed by atoms with Crippen LogP contribution in [0.1, 0.15) is 0 Å². The molecule has 0 amide bonds. The molecule has 0 N–H and O–H groups in total. The molecule has 9 heterocycles. The van der Waals surface area contributed by atoms with Crippen LogP contribution in [0.3, 0.4) is 0 Å². The summed E-state index contributed by atoms with van der Waals surface area (Å²) in [5, 5.41) is 16.0. The fraction of sp³-hybridized carbons (Fsp3) is 0. The van der Waals surface area contributed by atoms with Crippen molar-refractivity contribution in [2.75, 3.05) is 0 Å². The van der Waals surface area contributed by atoms with E-state index in [1.54, 1.807) is 0 Å². The number of nitrogens with zero attached hydrogens (tertiary/aromatic N) is 11. The van der Waals surface area contributed by atoms with E-state index in [9.17, 15) is 0 Å². The molecule has 0 radical (unpaired) electrons. The van der Waals surface area contributed by atoms with Crippen LogP contribution < -0.4 is 0 Å². The Morgan fingerprint density at radius 1 is 0.255 bits per heavy atom. The molecule has 12 aromatic carbocycles. The minimum absolute atomic E-state index is 0. The third-order valence-electron chi connectivity index (χ3n) is 18.7. The second-order valence-corrected chi connectivity index (χ2v) is 24.2. The van der Waals surface area contributed by atoms with Crippen molar-refractivity contribution >= 4 is 142 Å². The molecule has 21 aromatic rings. The van der Waals surface area contributed by atoms with Crippen LogP contribution in [0.4, 0.5) is 0 Å². The van der Waals surface area contributed by atoms with Crippen LogP contribution in [0.2, 0.25) is 0 Å². The van der Waals surface area contributed by atoms with E-state index < -0.39 is 0 Å². The summed E-state index contributed by atoms with van der Waals surface area (Å²) in [7, 11) is 0. The third-order valence-corrected chi connectivity index (χ3v) is 18.7. The molecule has 0 unspecified atom stereocenters. The molecule has 462 valence electrons. The number of hydrogen-bond acceptors (Lipinski definition) is 7. The van der Waals surface area contributed by atoms with Gasteiger partial charge in [0.05, 0.1) is 22.1 Å². The molecule has 0 aliphatic heterocycles. The molecule has 0 aliphatic rings. The van der Waals surface area contributed by atoms with Crippen LogP contribution in [0.5, 0.6) is 0 Å². The van der Waals surface area contributed by atoms with Crippen molar-refractivity contribution in [3.8, 4) is 45.5 Å². The zero-order chi connectivity index (χ0) is 63.0. The van der Waals surface area contributed by atoms with E-state index in [4.69, 9.17) is 29.9 Å².